The lowest BCUT2D eigenvalue weighted by atomic mass is 9.54. The SMILES string of the molecule is C[N+](C)(Cc1ccccc1)C[C@@H](O)COC12CC3CC(CC(C3)C1)C2. The maximum atomic E-state index is 10.6. The largest absolute Gasteiger partial charge is 0.385 e. The topological polar surface area (TPSA) is 29.5 Å². The highest BCUT2D eigenvalue weighted by molar-refractivity contribution is 5.13. The molecule has 4 aliphatic rings. The van der Waals surface area contributed by atoms with E-state index in [1.165, 1.54) is 44.1 Å². The van der Waals surface area contributed by atoms with Gasteiger partial charge in [-0.1, -0.05) is 30.3 Å². The van der Waals surface area contributed by atoms with Gasteiger partial charge in [-0.3, -0.25) is 0 Å². The molecule has 138 valence electrons. The summed E-state index contributed by atoms with van der Waals surface area (Å²) < 4.78 is 7.23. The Balaban J connectivity index is 1.29. The third kappa shape index (κ3) is 4.10. The second kappa shape index (κ2) is 6.68. The van der Waals surface area contributed by atoms with Gasteiger partial charge in [-0.25, -0.2) is 0 Å². The van der Waals surface area contributed by atoms with Crippen LogP contribution in [-0.4, -0.2) is 48.5 Å². The Bertz CT molecular complexity index is 548. The molecule has 5 rings (SSSR count). The van der Waals surface area contributed by atoms with Gasteiger partial charge in [-0.15, -0.1) is 0 Å². The molecular formula is C22H34NO2+. The lowest BCUT2D eigenvalue weighted by Crippen LogP contribution is -2.53. The molecule has 0 aliphatic heterocycles. The molecule has 1 N–H and O–H groups in total. The molecule has 1 aromatic rings. The van der Waals surface area contributed by atoms with Crippen LogP contribution >= 0.6 is 0 Å². The summed E-state index contributed by atoms with van der Waals surface area (Å²) in [6.07, 6.45) is 7.66. The lowest BCUT2D eigenvalue weighted by Gasteiger charge is -2.56. The number of rotatable bonds is 7. The molecule has 0 heterocycles. The van der Waals surface area contributed by atoms with E-state index in [0.717, 1.165) is 35.3 Å². The summed E-state index contributed by atoms with van der Waals surface area (Å²) in [6, 6.07) is 10.6. The van der Waals surface area contributed by atoms with Crippen molar-refractivity contribution < 1.29 is 14.3 Å². The minimum atomic E-state index is -0.383. The molecule has 4 fully saturated rings. The average molecular weight is 345 g/mol. The highest BCUT2D eigenvalue weighted by Crippen LogP contribution is 2.57. The Labute approximate surface area is 152 Å². The zero-order valence-electron chi connectivity index (χ0n) is 15.9. The van der Waals surface area contributed by atoms with Crippen molar-refractivity contribution in [1.29, 1.82) is 0 Å². The van der Waals surface area contributed by atoms with Crippen molar-refractivity contribution in [3.05, 3.63) is 35.9 Å². The van der Waals surface area contributed by atoms with Crippen molar-refractivity contribution in [2.45, 2.75) is 56.8 Å². The molecule has 4 bridgehead atoms. The summed E-state index contributed by atoms with van der Waals surface area (Å²) in [5, 5.41) is 10.6. The van der Waals surface area contributed by atoms with Crippen LogP contribution in [0.2, 0.25) is 0 Å². The monoisotopic (exact) mass is 344 g/mol. The number of aliphatic hydroxyl groups excluding tert-OH is 1. The molecule has 0 spiro atoms. The van der Waals surface area contributed by atoms with Gasteiger partial charge in [0, 0.05) is 5.56 Å². The van der Waals surface area contributed by atoms with Crippen molar-refractivity contribution in [3.8, 4) is 0 Å². The summed E-state index contributed by atoms with van der Waals surface area (Å²) in [6.45, 7) is 2.18. The third-order valence-electron chi connectivity index (χ3n) is 6.72. The molecule has 3 nitrogen and oxygen atoms in total. The highest BCUT2D eigenvalue weighted by Gasteiger charge is 2.51. The second-order valence-corrected chi connectivity index (χ2v) is 9.83. The van der Waals surface area contributed by atoms with E-state index in [4.69, 9.17) is 4.74 Å². The molecule has 0 radical (unpaired) electrons. The highest BCUT2D eigenvalue weighted by atomic mass is 16.5. The van der Waals surface area contributed by atoms with Crippen molar-refractivity contribution in [1.82, 2.24) is 0 Å². The molecule has 0 aromatic heterocycles. The fraction of sp³-hybridized carbons (Fsp3) is 0.727. The Morgan fingerprint density at radius 1 is 1.04 bits per heavy atom. The van der Waals surface area contributed by atoms with E-state index in [-0.39, 0.29) is 11.7 Å². The Hall–Kier alpha value is -0.900. The first-order valence-electron chi connectivity index (χ1n) is 10.1. The van der Waals surface area contributed by atoms with Gasteiger partial charge in [0.1, 0.15) is 19.2 Å². The summed E-state index contributed by atoms with van der Waals surface area (Å²) in [7, 11) is 4.39. The van der Waals surface area contributed by atoms with Gasteiger partial charge >= 0.3 is 0 Å². The van der Waals surface area contributed by atoms with E-state index in [1.54, 1.807) is 0 Å². The van der Waals surface area contributed by atoms with Crippen LogP contribution in [0.1, 0.15) is 44.1 Å². The van der Waals surface area contributed by atoms with E-state index in [0.29, 0.717) is 6.61 Å². The third-order valence-corrected chi connectivity index (χ3v) is 6.72. The molecule has 0 unspecified atom stereocenters. The standard InChI is InChI=1S/C22H34NO2/c1-23(2,14-17-6-4-3-5-7-17)15-21(24)16-25-22-11-18-8-19(12-22)10-20(9-18)13-22/h3-7,18-21,24H,8-16H2,1-2H3/q+1/t18?,19?,20?,21-,22?/m1/s1. The van der Waals surface area contributed by atoms with Gasteiger partial charge in [0.2, 0.25) is 0 Å². The fourth-order valence-electron chi connectivity index (χ4n) is 6.25. The number of hydrogen-bond acceptors (Lipinski definition) is 2. The second-order valence-electron chi connectivity index (χ2n) is 9.83. The zero-order valence-corrected chi connectivity index (χ0v) is 15.9. The Morgan fingerprint density at radius 2 is 1.60 bits per heavy atom. The molecular weight excluding hydrogens is 310 g/mol. The van der Waals surface area contributed by atoms with E-state index in [1.807, 2.05) is 0 Å². The van der Waals surface area contributed by atoms with E-state index in [9.17, 15) is 5.11 Å². The van der Waals surface area contributed by atoms with Crippen LogP contribution < -0.4 is 0 Å². The van der Waals surface area contributed by atoms with Gasteiger partial charge in [-0.2, -0.15) is 0 Å². The van der Waals surface area contributed by atoms with Gasteiger partial charge < -0.3 is 14.3 Å². The number of nitrogens with zero attached hydrogens (tertiary/aromatic N) is 1. The molecule has 4 aliphatic carbocycles. The lowest BCUT2D eigenvalue weighted by molar-refractivity contribution is -0.906. The zero-order chi connectivity index (χ0) is 17.5. The minimum Gasteiger partial charge on any atom is -0.385 e. The Kier molecular flexibility index (Phi) is 4.68. The molecule has 25 heavy (non-hydrogen) atoms. The van der Waals surface area contributed by atoms with Gasteiger partial charge in [-0.05, 0) is 56.3 Å². The molecule has 1 atom stereocenters. The van der Waals surface area contributed by atoms with Crippen LogP contribution in [0.4, 0.5) is 0 Å². The van der Waals surface area contributed by atoms with Crippen molar-refractivity contribution in [3.63, 3.8) is 0 Å². The first-order valence-corrected chi connectivity index (χ1v) is 10.1. The summed E-state index contributed by atoms with van der Waals surface area (Å²) in [5.74, 6) is 2.69. The van der Waals surface area contributed by atoms with Crippen LogP contribution in [0.15, 0.2) is 30.3 Å². The first-order chi connectivity index (χ1) is 11.9. The predicted molar refractivity (Wildman–Crippen MR) is 100.0 cm³/mol. The smallest absolute Gasteiger partial charge is 0.126 e. The first kappa shape index (κ1) is 17.5. The molecule has 4 saturated carbocycles. The maximum Gasteiger partial charge on any atom is 0.126 e. The predicted octanol–water partition coefficient (Wildman–Crippen LogP) is 3.61. The summed E-state index contributed by atoms with van der Waals surface area (Å²) in [4.78, 5) is 0. The fourth-order valence-corrected chi connectivity index (χ4v) is 6.25. The van der Waals surface area contributed by atoms with Crippen LogP contribution in [0.3, 0.4) is 0 Å². The number of ether oxygens (including phenoxy) is 1. The Morgan fingerprint density at radius 3 is 2.16 bits per heavy atom. The van der Waals surface area contributed by atoms with E-state index in [2.05, 4.69) is 44.4 Å². The van der Waals surface area contributed by atoms with Gasteiger partial charge in [0.25, 0.3) is 0 Å². The maximum absolute atomic E-state index is 10.6. The molecule has 0 amide bonds. The molecule has 1 aromatic carbocycles. The van der Waals surface area contributed by atoms with Gasteiger partial charge in [0.05, 0.1) is 26.3 Å². The minimum absolute atomic E-state index is 0.103. The number of benzene rings is 1. The van der Waals surface area contributed by atoms with Gasteiger partial charge in [0.15, 0.2) is 0 Å². The summed E-state index contributed by atoms with van der Waals surface area (Å²) >= 11 is 0. The van der Waals surface area contributed by atoms with E-state index >= 15 is 0 Å². The quantitative estimate of drug-likeness (QED) is 0.766. The normalized spacial score (nSPS) is 35.1. The van der Waals surface area contributed by atoms with Crippen LogP contribution in [-0.2, 0) is 11.3 Å². The van der Waals surface area contributed by atoms with Crippen LogP contribution in [0, 0.1) is 17.8 Å². The number of quaternary nitrogens is 1. The summed E-state index contributed by atoms with van der Waals surface area (Å²) in [5.41, 5.74) is 1.42. The van der Waals surface area contributed by atoms with Crippen molar-refractivity contribution >= 4 is 0 Å². The number of likely N-dealkylation sites (N-methyl/N-ethyl adjacent to an activating group) is 1. The average Bonchev–Trinajstić information content (AvgIpc) is 2.52. The number of aliphatic hydroxyl groups is 1. The molecule has 0 saturated heterocycles. The number of hydrogen-bond donors (Lipinski definition) is 1. The van der Waals surface area contributed by atoms with Crippen molar-refractivity contribution in [2.75, 3.05) is 27.2 Å². The van der Waals surface area contributed by atoms with Crippen LogP contribution in [0.5, 0.6) is 0 Å². The molecule has 3 heteroatoms. The van der Waals surface area contributed by atoms with E-state index < -0.39 is 0 Å². The van der Waals surface area contributed by atoms with Crippen molar-refractivity contribution in [2.24, 2.45) is 17.8 Å². The van der Waals surface area contributed by atoms with Crippen LogP contribution in [0.25, 0.3) is 0 Å².